The van der Waals surface area contributed by atoms with Gasteiger partial charge in [0.25, 0.3) is 0 Å². The van der Waals surface area contributed by atoms with E-state index < -0.39 is 6.36 Å². The zero-order chi connectivity index (χ0) is 15.0. The van der Waals surface area contributed by atoms with Gasteiger partial charge in [-0.25, -0.2) is 9.50 Å². The Hall–Kier alpha value is -2.09. The van der Waals surface area contributed by atoms with Crippen LogP contribution in [0, 0.1) is 0 Å². The Bertz CT molecular complexity index is 783. The first-order chi connectivity index (χ1) is 9.92. The van der Waals surface area contributed by atoms with Crippen molar-refractivity contribution in [3.63, 3.8) is 0 Å². The lowest BCUT2D eigenvalue weighted by Gasteiger charge is -2.09. The van der Waals surface area contributed by atoms with Crippen LogP contribution >= 0.6 is 15.9 Å². The standard InChI is InChI=1S/C13H7BrF3N3O/c14-12-18-7-9-3-6-11(20(9)19-12)8-1-4-10(5-2-8)21-13(15,16)17/h1-7H. The highest BCUT2D eigenvalue weighted by atomic mass is 79.9. The van der Waals surface area contributed by atoms with E-state index in [1.165, 1.54) is 12.1 Å². The minimum absolute atomic E-state index is 0.261. The van der Waals surface area contributed by atoms with Crippen molar-refractivity contribution >= 4 is 21.4 Å². The van der Waals surface area contributed by atoms with Gasteiger partial charge in [0.05, 0.1) is 17.4 Å². The van der Waals surface area contributed by atoms with E-state index >= 15 is 0 Å². The van der Waals surface area contributed by atoms with Gasteiger partial charge in [0.15, 0.2) is 0 Å². The van der Waals surface area contributed by atoms with Gasteiger partial charge < -0.3 is 4.74 Å². The van der Waals surface area contributed by atoms with Gasteiger partial charge in [-0.15, -0.1) is 18.3 Å². The van der Waals surface area contributed by atoms with E-state index in [1.54, 1.807) is 22.8 Å². The van der Waals surface area contributed by atoms with E-state index in [0.717, 1.165) is 16.8 Å². The van der Waals surface area contributed by atoms with E-state index in [-0.39, 0.29) is 5.75 Å². The Morgan fingerprint density at radius 3 is 2.43 bits per heavy atom. The lowest BCUT2D eigenvalue weighted by Crippen LogP contribution is -2.16. The van der Waals surface area contributed by atoms with Gasteiger partial charge in [-0.1, -0.05) is 0 Å². The van der Waals surface area contributed by atoms with Gasteiger partial charge in [0.2, 0.25) is 4.73 Å². The summed E-state index contributed by atoms with van der Waals surface area (Å²) in [4.78, 5) is 4.01. The van der Waals surface area contributed by atoms with Gasteiger partial charge in [0.1, 0.15) is 5.75 Å². The lowest BCUT2D eigenvalue weighted by atomic mass is 10.1. The summed E-state index contributed by atoms with van der Waals surface area (Å²) in [6, 6.07) is 9.24. The number of rotatable bonds is 2. The summed E-state index contributed by atoms with van der Waals surface area (Å²) < 4.78 is 42.3. The summed E-state index contributed by atoms with van der Waals surface area (Å²) in [7, 11) is 0. The minimum atomic E-state index is -4.69. The van der Waals surface area contributed by atoms with Crippen LogP contribution in [0.4, 0.5) is 13.2 Å². The minimum Gasteiger partial charge on any atom is -0.406 e. The van der Waals surface area contributed by atoms with Gasteiger partial charge in [-0.2, -0.15) is 0 Å². The summed E-state index contributed by atoms with van der Waals surface area (Å²) in [5.41, 5.74) is 2.24. The molecule has 3 aromatic rings. The number of hydrogen-bond donors (Lipinski definition) is 0. The predicted octanol–water partition coefficient (Wildman–Crippen LogP) is 4.06. The van der Waals surface area contributed by atoms with Crippen molar-refractivity contribution in [1.82, 2.24) is 14.6 Å². The molecular weight excluding hydrogens is 351 g/mol. The van der Waals surface area contributed by atoms with Crippen molar-refractivity contribution in [2.75, 3.05) is 0 Å². The van der Waals surface area contributed by atoms with Crippen LogP contribution in [0.15, 0.2) is 47.3 Å². The molecule has 1 aromatic carbocycles. The summed E-state index contributed by atoms with van der Waals surface area (Å²) >= 11 is 3.18. The lowest BCUT2D eigenvalue weighted by molar-refractivity contribution is -0.274. The third-order valence-corrected chi connectivity index (χ3v) is 3.12. The molecule has 4 nitrogen and oxygen atoms in total. The summed E-state index contributed by atoms with van der Waals surface area (Å²) in [5, 5.41) is 4.20. The summed E-state index contributed by atoms with van der Waals surface area (Å²) in [5.74, 6) is -0.261. The molecule has 0 aliphatic rings. The van der Waals surface area contributed by atoms with Crippen molar-refractivity contribution < 1.29 is 17.9 Å². The maximum atomic E-state index is 12.1. The molecule has 0 saturated heterocycles. The molecule has 2 aromatic heterocycles. The molecule has 3 rings (SSSR count). The molecule has 0 unspecified atom stereocenters. The topological polar surface area (TPSA) is 39.4 Å². The molecule has 0 amide bonds. The largest absolute Gasteiger partial charge is 0.573 e. The molecule has 0 saturated carbocycles. The van der Waals surface area contributed by atoms with Crippen molar-refractivity contribution in [3.05, 3.63) is 47.3 Å². The second kappa shape index (κ2) is 5.03. The number of ether oxygens (including phenoxy) is 1. The molecular formula is C13H7BrF3N3O. The molecule has 0 aliphatic heterocycles. The smallest absolute Gasteiger partial charge is 0.406 e. The highest BCUT2D eigenvalue weighted by Crippen LogP contribution is 2.27. The number of halogens is 4. The highest BCUT2D eigenvalue weighted by molar-refractivity contribution is 9.10. The maximum Gasteiger partial charge on any atom is 0.573 e. The fraction of sp³-hybridized carbons (Fsp3) is 0.0769. The van der Waals surface area contributed by atoms with Crippen LogP contribution in [-0.2, 0) is 0 Å². The summed E-state index contributed by atoms with van der Waals surface area (Å²) in [6.07, 6.45) is -3.05. The number of hydrogen-bond acceptors (Lipinski definition) is 3. The van der Waals surface area contributed by atoms with Crippen LogP contribution in [-0.4, -0.2) is 21.0 Å². The summed E-state index contributed by atoms with van der Waals surface area (Å²) in [6.45, 7) is 0. The zero-order valence-electron chi connectivity index (χ0n) is 10.3. The Morgan fingerprint density at radius 2 is 1.76 bits per heavy atom. The zero-order valence-corrected chi connectivity index (χ0v) is 11.9. The van der Waals surface area contributed by atoms with E-state index in [2.05, 4.69) is 30.7 Å². The van der Waals surface area contributed by atoms with Gasteiger partial charge >= 0.3 is 6.36 Å². The Labute approximate surface area is 125 Å². The number of benzene rings is 1. The SMILES string of the molecule is FC(F)(F)Oc1ccc(-c2ccc3cnc(Br)nn23)cc1. The normalized spacial score (nSPS) is 11.8. The van der Waals surface area contributed by atoms with Crippen LogP contribution in [0.25, 0.3) is 16.8 Å². The molecule has 0 fully saturated rings. The first kappa shape index (κ1) is 13.9. The van der Waals surface area contributed by atoms with Crippen molar-refractivity contribution in [2.45, 2.75) is 6.36 Å². The van der Waals surface area contributed by atoms with Crippen LogP contribution in [0.5, 0.6) is 5.75 Å². The highest BCUT2D eigenvalue weighted by Gasteiger charge is 2.30. The van der Waals surface area contributed by atoms with Crippen LogP contribution in [0.3, 0.4) is 0 Å². The van der Waals surface area contributed by atoms with E-state index in [4.69, 9.17) is 0 Å². The average molecular weight is 358 g/mol. The Balaban J connectivity index is 1.97. The molecule has 0 spiro atoms. The number of aromatic nitrogens is 3. The molecule has 0 aliphatic carbocycles. The molecule has 0 N–H and O–H groups in total. The predicted molar refractivity (Wildman–Crippen MR) is 72.8 cm³/mol. The second-order valence-electron chi connectivity index (χ2n) is 4.15. The Kier molecular flexibility index (Phi) is 3.32. The van der Waals surface area contributed by atoms with E-state index in [9.17, 15) is 13.2 Å². The van der Waals surface area contributed by atoms with Crippen LogP contribution in [0.2, 0.25) is 0 Å². The first-order valence-corrected chi connectivity index (χ1v) is 6.58. The molecule has 8 heteroatoms. The molecule has 2 heterocycles. The van der Waals surface area contributed by atoms with Crippen LogP contribution in [0.1, 0.15) is 0 Å². The van der Waals surface area contributed by atoms with Gasteiger partial charge in [-0.05, 0) is 52.3 Å². The second-order valence-corrected chi connectivity index (χ2v) is 4.86. The van der Waals surface area contributed by atoms with Gasteiger partial charge in [-0.3, -0.25) is 0 Å². The first-order valence-electron chi connectivity index (χ1n) is 5.79. The number of fused-ring (bicyclic) bond motifs is 1. The molecule has 0 bridgehead atoms. The molecule has 21 heavy (non-hydrogen) atoms. The third kappa shape index (κ3) is 2.99. The number of alkyl halides is 3. The molecule has 108 valence electrons. The van der Waals surface area contributed by atoms with Crippen molar-refractivity contribution in [1.29, 1.82) is 0 Å². The van der Waals surface area contributed by atoms with Crippen LogP contribution < -0.4 is 4.74 Å². The quantitative estimate of drug-likeness (QED) is 0.694. The fourth-order valence-electron chi connectivity index (χ4n) is 1.93. The monoisotopic (exact) mass is 357 g/mol. The van der Waals surface area contributed by atoms with Gasteiger partial charge in [0, 0.05) is 5.56 Å². The maximum absolute atomic E-state index is 12.1. The van der Waals surface area contributed by atoms with E-state index in [0.29, 0.717) is 4.73 Å². The average Bonchev–Trinajstić information content (AvgIpc) is 2.81. The van der Waals surface area contributed by atoms with Crippen molar-refractivity contribution in [3.8, 4) is 17.0 Å². The fourth-order valence-corrected chi connectivity index (χ4v) is 2.19. The van der Waals surface area contributed by atoms with E-state index in [1.807, 2.05) is 12.1 Å². The van der Waals surface area contributed by atoms with Crippen molar-refractivity contribution in [2.24, 2.45) is 0 Å². The third-order valence-electron chi connectivity index (χ3n) is 2.75. The molecule has 0 atom stereocenters. The Morgan fingerprint density at radius 1 is 1.05 bits per heavy atom. The molecule has 0 radical (unpaired) electrons. The number of nitrogens with zero attached hydrogens (tertiary/aromatic N) is 3.